The fraction of sp³-hybridized carbons (Fsp3) is 0.217. The van der Waals surface area contributed by atoms with Crippen molar-refractivity contribution in [3.8, 4) is 11.3 Å². The van der Waals surface area contributed by atoms with Crippen molar-refractivity contribution in [3.63, 3.8) is 0 Å². The van der Waals surface area contributed by atoms with Crippen LogP contribution in [0.1, 0.15) is 31.0 Å². The minimum absolute atomic E-state index is 0.172. The number of anilines is 2. The summed E-state index contributed by atoms with van der Waals surface area (Å²) in [7, 11) is 0. The highest BCUT2D eigenvalue weighted by Gasteiger charge is 2.19. The number of aromatic nitrogens is 2. The van der Waals surface area contributed by atoms with E-state index in [0.717, 1.165) is 16.7 Å². The van der Waals surface area contributed by atoms with Crippen LogP contribution in [0.3, 0.4) is 0 Å². The first kappa shape index (κ1) is 21.0. The molecule has 0 spiro atoms. The molecule has 1 aromatic heterocycles. The van der Waals surface area contributed by atoms with Crippen LogP contribution < -0.4 is 16.2 Å². The van der Waals surface area contributed by atoms with E-state index < -0.39 is 6.04 Å². The largest absolute Gasteiger partial charge is 0.326 e. The number of benzene rings is 2. The predicted molar refractivity (Wildman–Crippen MR) is 117 cm³/mol. The molecule has 0 saturated heterocycles. The summed E-state index contributed by atoms with van der Waals surface area (Å²) in [6.07, 6.45) is 0. The molecule has 1 atom stereocenters. The summed E-state index contributed by atoms with van der Waals surface area (Å²) in [5.41, 5.74) is 4.08. The fourth-order valence-electron chi connectivity index (χ4n) is 3.02. The molecule has 7 nitrogen and oxygen atoms in total. The van der Waals surface area contributed by atoms with Gasteiger partial charge in [-0.15, -0.1) is 0 Å². The molecule has 154 valence electrons. The van der Waals surface area contributed by atoms with Gasteiger partial charge in [-0.05, 0) is 50.1 Å². The Balaban J connectivity index is 1.92. The topological polar surface area (TPSA) is 93.1 Å². The van der Waals surface area contributed by atoms with E-state index in [-0.39, 0.29) is 17.4 Å². The third kappa shape index (κ3) is 4.63. The van der Waals surface area contributed by atoms with Crippen LogP contribution >= 0.6 is 0 Å². The van der Waals surface area contributed by atoms with E-state index in [0.29, 0.717) is 17.1 Å². The summed E-state index contributed by atoms with van der Waals surface area (Å²) >= 11 is 0. The molecule has 0 radical (unpaired) electrons. The number of carbonyl (C=O) groups excluding carboxylic acids is 2. The van der Waals surface area contributed by atoms with Crippen LogP contribution in [-0.2, 0) is 9.59 Å². The van der Waals surface area contributed by atoms with Crippen molar-refractivity contribution in [1.29, 1.82) is 0 Å². The first-order valence-corrected chi connectivity index (χ1v) is 9.61. The Bertz CT molecular complexity index is 1170. The molecule has 0 aliphatic heterocycles. The maximum absolute atomic E-state index is 12.7. The van der Waals surface area contributed by atoms with Gasteiger partial charge in [-0.25, -0.2) is 4.68 Å². The summed E-state index contributed by atoms with van der Waals surface area (Å²) in [5, 5.41) is 10.0. The first-order valence-electron chi connectivity index (χ1n) is 9.61. The lowest BCUT2D eigenvalue weighted by Crippen LogP contribution is -2.33. The van der Waals surface area contributed by atoms with Gasteiger partial charge in [-0.3, -0.25) is 14.4 Å². The monoisotopic (exact) mass is 404 g/mol. The van der Waals surface area contributed by atoms with Crippen molar-refractivity contribution in [3.05, 3.63) is 76.1 Å². The summed E-state index contributed by atoms with van der Waals surface area (Å²) in [6.45, 7) is 6.86. The van der Waals surface area contributed by atoms with Crippen LogP contribution in [0.2, 0.25) is 0 Å². The number of carbonyl (C=O) groups is 2. The van der Waals surface area contributed by atoms with Gasteiger partial charge in [0, 0.05) is 29.9 Å². The summed E-state index contributed by atoms with van der Waals surface area (Å²) in [4.78, 5) is 36.6. The Labute approximate surface area is 174 Å². The average molecular weight is 404 g/mol. The van der Waals surface area contributed by atoms with Gasteiger partial charge < -0.3 is 10.6 Å². The SMILES string of the molecule is CC(=O)Nc1cc(-c2ccc(=O)n(C(C)C(=O)Nc3ccccc3C)n2)ccc1C. The molecule has 2 aromatic carbocycles. The number of para-hydroxylation sites is 1. The van der Waals surface area contributed by atoms with Crippen molar-refractivity contribution in [2.45, 2.75) is 33.7 Å². The van der Waals surface area contributed by atoms with Crippen LogP contribution in [-0.4, -0.2) is 21.6 Å². The highest BCUT2D eigenvalue weighted by atomic mass is 16.2. The number of hydrogen-bond donors (Lipinski definition) is 2. The molecular formula is C23H24N4O3. The van der Waals surface area contributed by atoms with Gasteiger partial charge in [0.05, 0.1) is 5.69 Å². The molecule has 7 heteroatoms. The molecule has 0 bridgehead atoms. The second-order valence-corrected chi connectivity index (χ2v) is 7.19. The Morgan fingerprint density at radius 1 is 0.933 bits per heavy atom. The van der Waals surface area contributed by atoms with Gasteiger partial charge >= 0.3 is 0 Å². The molecule has 2 N–H and O–H groups in total. The Morgan fingerprint density at radius 3 is 2.33 bits per heavy atom. The Morgan fingerprint density at radius 2 is 1.63 bits per heavy atom. The van der Waals surface area contributed by atoms with Crippen molar-refractivity contribution in [2.75, 3.05) is 10.6 Å². The van der Waals surface area contributed by atoms with Crippen LogP contribution in [0, 0.1) is 13.8 Å². The smallest absolute Gasteiger partial charge is 0.267 e. The van der Waals surface area contributed by atoms with Gasteiger partial charge in [0.25, 0.3) is 5.56 Å². The lowest BCUT2D eigenvalue weighted by Gasteiger charge is -2.16. The van der Waals surface area contributed by atoms with E-state index in [1.165, 1.54) is 17.7 Å². The van der Waals surface area contributed by atoms with Crippen molar-refractivity contribution < 1.29 is 9.59 Å². The molecule has 2 amide bonds. The predicted octanol–water partition coefficient (Wildman–Crippen LogP) is 3.69. The Kier molecular flexibility index (Phi) is 6.11. The molecular weight excluding hydrogens is 380 g/mol. The van der Waals surface area contributed by atoms with Crippen molar-refractivity contribution in [1.82, 2.24) is 9.78 Å². The molecule has 0 aliphatic carbocycles. The highest BCUT2D eigenvalue weighted by Crippen LogP contribution is 2.24. The lowest BCUT2D eigenvalue weighted by atomic mass is 10.1. The van der Waals surface area contributed by atoms with Gasteiger partial charge in [-0.2, -0.15) is 5.10 Å². The molecule has 3 aromatic rings. The molecule has 1 heterocycles. The van der Waals surface area contributed by atoms with Crippen LogP contribution in [0.15, 0.2) is 59.4 Å². The van der Waals surface area contributed by atoms with E-state index >= 15 is 0 Å². The van der Waals surface area contributed by atoms with E-state index in [4.69, 9.17) is 0 Å². The third-order valence-corrected chi connectivity index (χ3v) is 4.82. The molecule has 1 unspecified atom stereocenters. The molecule has 0 saturated carbocycles. The van der Waals surface area contributed by atoms with Gasteiger partial charge in [-0.1, -0.05) is 30.3 Å². The van der Waals surface area contributed by atoms with E-state index in [9.17, 15) is 14.4 Å². The number of nitrogens with zero attached hydrogens (tertiary/aromatic N) is 2. The highest BCUT2D eigenvalue weighted by molar-refractivity contribution is 5.94. The average Bonchev–Trinajstić information content (AvgIpc) is 2.71. The molecule has 3 rings (SSSR count). The number of nitrogens with one attached hydrogen (secondary N) is 2. The summed E-state index contributed by atoms with van der Waals surface area (Å²) in [6, 6.07) is 15.1. The number of rotatable bonds is 5. The molecule has 0 aliphatic rings. The summed E-state index contributed by atoms with van der Waals surface area (Å²) < 4.78 is 1.17. The second kappa shape index (κ2) is 8.73. The maximum Gasteiger partial charge on any atom is 0.267 e. The number of amides is 2. The first-order chi connectivity index (χ1) is 14.3. The van der Waals surface area contributed by atoms with E-state index in [1.54, 1.807) is 19.1 Å². The van der Waals surface area contributed by atoms with E-state index in [2.05, 4.69) is 15.7 Å². The molecule has 30 heavy (non-hydrogen) atoms. The Hall–Kier alpha value is -3.74. The normalized spacial score (nSPS) is 11.6. The van der Waals surface area contributed by atoms with Crippen LogP contribution in [0.25, 0.3) is 11.3 Å². The standard InChI is InChI=1S/C23H24N4O3/c1-14-7-5-6-8-19(14)25-23(30)16(3)27-22(29)12-11-20(26-27)18-10-9-15(2)21(13-18)24-17(4)28/h5-13,16H,1-4H3,(H,24,28)(H,25,30). The minimum atomic E-state index is -0.808. The van der Waals surface area contributed by atoms with Gasteiger partial charge in [0.1, 0.15) is 6.04 Å². The fourth-order valence-corrected chi connectivity index (χ4v) is 3.02. The van der Waals surface area contributed by atoms with Crippen molar-refractivity contribution in [2.24, 2.45) is 0 Å². The molecule has 0 fully saturated rings. The number of hydrogen-bond acceptors (Lipinski definition) is 4. The summed E-state index contributed by atoms with van der Waals surface area (Å²) in [5.74, 6) is -0.506. The van der Waals surface area contributed by atoms with Crippen LogP contribution in [0.5, 0.6) is 0 Å². The minimum Gasteiger partial charge on any atom is -0.326 e. The van der Waals surface area contributed by atoms with E-state index in [1.807, 2.05) is 50.2 Å². The second-order valence-electron chi connectivity index (χ2n) is 7.19. The third-order valence-electron chi connectivity index (χ3n) is 4.82. The van der Waals surface area contributed by atoms with Gasteiger partial charge in [0.15, 0.2) is 0 Å². The zero-order chi connectivity index (χ0) is 21.8. The van der Waals surface area contributed by atoms with Gasteiger partial charge in [0.2, 0.25) is 11.8 Å². The number of aryl methyl sites for hydroxylation is 2. The lowest BCUT2D eigenvalue weighted by molar-refractivity contribution is -0.119. The quantitative estimate of drug-likeness (QED) is 0.678. The van der Waals surface area contributed by atoms with Crippen LogP contribution in [0.4, 0.5) is 11.4 Å². The zero-order valence-corrected chi connectivity index (χ0v) is 17.4. The zero-order valence-electron chi connectivity index (χ0n) is 17.4. The van der Waals surface area contributed by atoms with Crippen molar-refractivity contribution >= 4 is 23.2 Å². The maximum atomic E-state index is 12.7.